The summed E-state index contributed by atoms with van der Waals surface area (Å²) in [7, 11) is 1.61. The van der Waals surface area contributed by atoms with E-state index in [4.69, 9.17) is 4.74 Å². The second-order valence-corrected chi connectivity index (χ2v) is 6.34. The molecule has 118 valence electrons. The minimum Gasteiger partial charge on any atom is -0.497 e. The van der Waals surface area contributed by atoms with E-state index in [9.17, 15) is 9.59 Å². The Morgan fingerprint density at radius 3 is 2.91 bits per heavy atom. The quantitative estimate of drug-likeness (QED) is 0.936. The van der Waals surface area contributed by atoms with Gasteiger partial charge in [-0.2, -0.15) is 0 Å². The molecule has 23 heavy (non-hydrogen) atoms. The summed E-state index contributed by atoms with van der Waals surface area (Å²) in [5, 5.41) is 2.91. The van der Waals surface area contributed by atoms with Crippen molar-refractivity contribution >= 4 is 23.5 Å². The summed E-state index contributed by atoms with van der Waals surface area (Å²) in [6.07, 6.45) is 0.534. The van der Waals surface area contributed by atoms with Crippen molar-refractivity contribution in [1.29, 1.82) is 0 Å². The summed E-state index contributed by atoms with van der Waals surface area (Å²) >= 11 is 1.57. The van der Waals surface area contributed by atoms with E-state index < -0.39 is 0 Å². The normalized spacial score (nSPS) is 13.3. The van der Waals surface area contributed by atoms with Crippen LogP contribution in [0.5, 0.6) is 5.75 Å². The number of methoxy groups -OCH3 is 1. The van der Waals surface area contributed by atoms with E-state index in [-0.39, 0.29) is 11.7 Å². The number of thioether (sulfide) groups is 1. The topological polar surface area (TPSA) is 55.4 Å². The van der Waals surface area contributed by atoms with Crippen LogP contribution in [0.4, 0.5) is 0 Å². The second kappa shape index (κ2) is 6.87. The molecular formula is C18H17NO3S. The van der Waals surface area contributed by atoms with Crippen molar-refractivity contribution in [3.05, 3.63) is 59.2 Å². The third-order valence-corrected chi connectivity index (χ3v) is 4.86. The van der Waals surface area contributed by atoms with Gasteiger partial charge >= 0.3 is 0 Å². The van der Waals surface area contributed by atoms with Crippen molar-refractivity contribution in [2.24, 2.45) is 0 Å². The van der Waals surface area contributed by atoms with Crippen LogP contribution in [0.25, 0.3) is 0 Å². The van der Waals surface area contributed by atoms with Gasteiger partial charge in [-0.1, -0.05) is 24.3 Å². The zero-order valence-corrected chi connectivity index (χ0v) is 13.6. The summed E-state index contributed by atoms with van der Waals surface area (Å²) in [6, 6.07) is 12.9. The molecule has 0 saturated carbocycles. The maximum Gasteiger partial charge on any atom is 0.252 e. The van der Waals surface area contributed by atoms with Gasteiger partial charge in [0, 0.05) is 29.2 Å². The van der Waals surface area contributed by atoms with Crippen molar-refractivity contribution in [3.8, 4) is 5.75 Å². The number of amides is 1. The van der Waals surface area contributed by atoms with Crippen molar-refractivity contribution in [2.75, 3.05) is 12.9 Å². The number of carbonyl (C=O) groups is 2. The summed E-state index contributed by atoms with van der Waals surface area (Å²) in [4.78, 5) is 25.2. The monoisotopic (exact) mass is 327 g/mol. The van der Waals surface area contributed by atoms with E-state index >= 15 is 0 Å². The zero-order chi connectivity index (χ0) is 16.2. The number of rotatable bonds is 4. The van der Waals surface area contributed by atoms with Crippen LogP contribution in [0.15, 0.2) is 47.4 Å². The number of benzene rings is 2. The highest BCUT2D eigenvalue weighted by molar-refractivity contribution is 7.99. The molecule has 0 aliphatic carbocycles. The van der Waals surface area contributed by atoms with Gasteiger partial charge in [0.25, 0.3) is 5.91 Å². The van der Waals surface area contributed by atoms with Gasteiger partial charge in [0.1, 0.15) is 5.75 Å². The molecule has 0 spiro atoms. The Morgan fingerprint density at radius 1 is 1.26 bits per heavy atom. The Morgan fingerprint density at radius 2 is 2.09 bits per heavy atom. The molecule has 1 heterocycles. The number of fused-ring (bicyclic) bond motifs is 1. The molecule has 0 fully saturated rings. The largest absolute Gasteiger partial charge is 0.497 e. The van der Waals surface area contributed by atoms with Gasteiger partial charge in [0.05, 0.1) is 12.7 Å². The van der Waals surface area contributed by atoms with Gasteiger partial charge in [-0.05, 0) is 23.8 Å². The van der Waals surface area contributed by atoms with Crippen LogP contribution in [-0.4, -0.2) is 24.6 Å². The van der Waals surface area contributed by atoms with Gasteiger partial charge in [0.2, 0.25) is 0 Å². The number of Topliss-reactive ketones (excluding diaryl/α,β-unsaturated/α-hetero) is 1. The number of hydrogen-bond acceptors (Lipinski definition) is 4. The van der Waals surface area contributed by atoms with E-state index in [1.165, 1.54) is 0 Å². The number of hydrogen-bond donors (Lipinski definition) is 1. The number of carbonyl (C=O) groups excluding carboxylic acids is 2. The molecule has 0 bridgehead atoms. The highest BCUT2D eigenvalue weighted by Gasteiger charge is 2.22. The first-order valence-electron chi connectivity index (χ1n) is 7.39. The molecular weight excluding hydrogens is 310 g/mol. The molecule has 0 aromatic heterocycles. The first-order chi connectivity index (χ1) is 11.2. The van der Waals surface area contributed by atoms with Crippen LogP contribution in [0.2, 0.25) is 0 Å². The first kappa shape index (κ1) is 15.6. The summed E-state index contributed by atoms with van der Waals surface area (Å²) in [6.45, 7) is 0.415. The predicted molar refractivity (Wildman–Crippen MR) is 90.3 cm³/mol. The smallest absolute Gasteiger partial charge is 0.252 e. The van der Waals surface area contributed by atoms with E-state index in [1.807, 2.05) is 24.3 Å². The number of nitrogens with one attached hydrogen (secondary N) is 1. The Hall–Kier alpha value is -2.27. The third-order valence-electron chi connectivity index (χ3n) is 3.72. The fourth-order valence-electron chi connectivity index (χ4n) is 2.53. The molecule has 1 amide bonds. The minimum absolute atomic E-state index is 0.112. The van der Waals surface area contributed by atoms with Gasteiger partial charge < -0.3 is 10.1 Å². The molecule has 0 atom stereocenters. The van der Waals surface area contributed by atoms with E-state index in [1.54, 1.807) is 37.1 Å². The highest BCUT2D eigenvalue weighted by Crippen LogP contribution is 2.33. The van der Waals surface area contributed by atoms with Gasteiger partial charge in [-0.3, -0.25) is 9.59 Å². The molecule has 1 N–H and O–H groups in total. The molecule has 2 aromatic rings. The van der Waals surface area contributed by atoms with Gasteiger partial charge in [0.15, 0.2) is 5.78 Å². The summed E-state index contributed by atoms with van der Waals surface area (Å²) < 4.78 is 5.18. The van der Waals surface area contributed by atoms with Crippen LogP contribution in [0.3, 0.4) is 0 Å². The lowest BCUT2D eigenvalue weighted by Gasteiger charge is -2.17. The van der Waals surface area contributed by atoms with E-state index in [2.05, 4.69) is 5.32 Å². The van der Waals surface area contributed by atoms with E-state index in [0.29, 0.717) is 24.1 Å². The van der Waals surface area contributed by atoms with Crippen LogP contribution in [0, 0.1) is 0 Å². The van der Waals surface area contributed by atoms with Gasteiger partial charge in [-0.15, -0.1) is 11.8 Å². The van der Waals surface area contributed by atoms with Crippen LogP contribution < -0.4 is 10.1 Å². The Balaban J connectivity index is 1.76. The van der Waals surface area contributed by atoms with Gasteiger partial charge in [-0.25, -0.2) is 0 Å². The molecule has 4 nitrogen and oxygen atoms in total. The Kier molecular flexibility index (Phi) is 4.67. The molecule has 2 aromatic carbocycles. The van der Waals surface area contributed by atoms with Crippen LogP contribution in [0.1, 0.15) is 32.7 Å². The molecule has 5 heteroatoms. The van der Waals surface area contributed by atoms with Crippen molar-refractivity contribution < 1.29 is 14.3 Å². The Labute approximate surface area is 139 Å². The molecule has 0 saturated heterocycles. The fraction of sp³-hybridized carbons (Fsp3) is 0.222. The van der Waals surface area contributed by atoms with Crippen LogP contribution >= 0.6 is 11.8 Å². The summed E-state index contributed by atoms with van der Waals surface area (Å²) in [5.41, 5.74) is 2.20. The molecule has 0 radical (unpaired) electrons. The average molecular weight is 327 g/mol. The summed E-state index contributed by atoms with van der Waals surface area (Å²) in [5.74, 6) is 1.44. The SMILES string of the molecule is COc1cccc(CNC(=O)c2cccc3c2SCCC3=O)c1. The third kappa shape index (κ3) is 3.40. The van der Waals surface area contributed by atoms with Crippen LogP contribution in [-0.2, 0) is 6.54 Å². The molecule has 1 aliphatic heterocycles. The second-order valence-electron chi connectivity index (χ2n) is 5.24. The maximum absolute atomic E-state index is 12.5. The zero-order valence-electron chi connectivity index (χ0n) is 12.8. The Bertz CT molecular complexity index is 758. The first-order valence-corrected chi connectivity index (χ1v) is 8.38. The standard InChI is InChI=1S/C18H17NO3S/c1-22-13-5-2-4-12(10-13)11-19-18(21)15-7-3-6-14-16(20)8-9-23-17(14)15/h2-7,10H,8-9,11H2,1H3,(H,19,21). The number of ether oxygens (including phenoxy) is 1. The fourth-order valence-corrected chi connectivity index (χ4v) is 3.68. The molecule has 0 unspecified atom stereocenters. The molecule has 3 rings (SSSR count). The van der Waals surface area contributed by atoms with Crippen molar-refractivity contribution in [1.82, 2.24) is 5.32 Å². The lowest BCUT2D eigenvalue weighted by atomic mass is 10.0. The minimum atomic E-state index is -0.160. The molecule has 1 aliphatic rings. The average Bonchev–Trinajstić information content (AvgIpc) is 2.60. The lowest BCUT2D eigenvalue weighted by molar-refractivity contribution is 0.0947. The predicted octanol–water partition coefficient (Wildman–Crippen LogP) is 3.30. The lowest BCUT2D eigenvalue weighted by Crippen LogP contribution is -2.24. The number of ketones is 1. The highest BCUT2D eigenvalue weighted by atomic mass is 32.2. The van der Waals surface area contributed by atoms with E-state index in [0.717, 1.165) is 22.0 Å². The van der Waals surface area contributed by atoms with Crippen molar-refractivity contribution in [2.45, 2.75) is 17.9 Å². The maximum atomic E-state index is 12.5. The van der Waals surface area contributed by atoms with Crippen molar-refractivity contribution in [3.63, 3.8) is 0 Å².